The van der Waals surface area contributed by atoms with Gasteiger partial charge in [-0.3, -0.25) is 4.79 Å². The molecule has 3 rings (SSSR count). The topological polar surface area (TPSA) is 66.5 Å². The van der Waals surface area contributed by atoms with Crippen LogP contribution in [-0.4, -0.2) is 31.7 Å². The highest BCUT2D eigenvalue weighted by Crippen LogP contribution is 2.27. The number of carbonyl (C=O) groups excluding carboxylic acids is 1. The lowest BCUT2D eigenvalue weighted by molar-refractivity contribution is -0.120. The molecule has 0 aliphatic carbocycles. The minimum atomic E-state index is -3.60. The van der Waals surface area contributed by atoms with E-state index in [2.05, 4.69) is 21.2 Å². The van der Waals surface area contributed by atoms with E-state index in [0.29, 0.717) is 19.4 Å². The third kappa shape index (κ3) is 4.42. The average Bonchev–Trinajstić information content (AvgIpc) is 2.65. The third-order valence-corrected chi connectivity index (χ3v) is 7.34. The van der Waals surface area contributed by atoms with Crippen molar-refractivity contribution in [3.63, 3.8) is 0 Å². The number of rotatable bonds is 4. The molecule has 5 nitrogen and oxygen atoms in total. The summed E-state index contributed by atoms with van der Waals surface area (Å²) in [7, 11) is -3.60. The highest BCUT2D eigenvalue weighted by Gasteiger charge is 2.33. The predicted molar refractivity (Wildman–Crippen MR) is 110 cm³/mol. The SMILES string of the molecule is Cc1cccc(C)c1NC(=O)[C@@H]1CCCN(S(=O)(=O)c2ccc(Br)cc2)C1. The Morgan fingerprint density at radius 3 is 2.37 bits per heavy atom. The van der Waals surface area contributed by atoms with Gasteiger partial charge in [-0.2, -0.15) is 4.31 Å². The second kappa shape index (κ2) is 8.12. The molecule has 1 amide bonds. The Morgan fingerprint density at radius 2 is 1.74 bits per heavy atom. The number of nitrogens with one attached hydrogen (secondary N) is 1. The minimum absolute atomic E-state index is 0.122. The maximum Gasteiger partial charge on any atom is 0.243 e. The summed E-state index contributed by atoms with van der Waals surface area (Å²) in [6.45, 7) is 4.54. The van der Waals surface area contributed by atoms with Crippen LogP contribution in [0.3, 0.4) is 0 Å². The first-order chi connectivity index (χ1) is 12.8. The Kier molecular flexibility index (Phi) is 6.03. The molecule has 0 saturated carbocycles. The summed E-state index contributed by atoms with van der Waals surface area (Å²) >= 11 is 3.32. The zero-order valence-electron chi connectivity index (χ0n) is 15.4. The molecule has 1 aliphatic rings. The molecule has 2 aromatic rings. The van der Waals surface area contributed by atoms with E-state index in [4.69, 9.17) is 0 Å². The molecule has 1 aliphatic heterocycles. The number of aryl methyl sites for hydroxylation is 2. The quantitative estimate of drug-likeness (QED) is 0.761. The molecule has 0 aromatic heterocycles. The predicted octanol–water partition coefficient (Wildman–Crippen LogP) is 4.11. The van der Waals surface area contributed by atoms with Gasteiger partial charge in [0.15, 0.2) is 0 Å². The Labute approximate surface area is 169 Å². The molecular formula is C20H23BrN2O3S. The van der Waals surface area contributed by atoms with Crippen LogP contribution in [0.4, 0.5) is 5.69 Å². The molecule has 1 N–H and O–H groups in total. The number of hydrogen-bond acceptors (Lipinski definition) is 3. The third-order valence-electron chi connectivity index (χ3n) is 4.94. The average molecular weight is 451 g/mol. The number of para-hydroxylation sites is 1. The van der Waals surface area contributed by atoms with Crippen LogP contribution in [0.15, 0.2) is 51.8 Å². The molecule has 1 fully saturated rings. The van der Waals surface area contributed by atoms with Crippen molar-refractivity contribution < 1.29 is 13.2 Å². The van der Waals surface area contributed by atoms with Crippen LogP contribution in [0.25, 0.3) is 0 Å². The Bertz CT molecular complexity index is 922. The molecule has 144 valence electrons. The lowest BCUT2D eigenvalue weighted by Gasteiger charge is -2.31. The highest BCUT2D eigenvalue weighted by molar-refractivity contribution is 9.10. The first kappa shape index (κ1) is 20.0. The monoisotopic (exact) mass is 450 g/mol. The van der Waals surface area contributed by atoms with E-state index in [1.165, 1.54) is 4.31 Å². The van der Waals surface area contributed by atoms with Gasteiger partial charge < -0.3 is 5.32 Å². The zero-order chi connectivity index (χ0) is 19.6. The fourth-order valence-corrected chi connectivity index (χ4v) is 5.16. The standard InChI is InChI=1S/C20H23BrN2O3S/c1-14-5-3-6-15(2)19(14)22-20(24)16-7-4-12-23(13-16)27(25,26)18-10-8-17(21)9-11-18/h3,5-6,8-11,16H,4,7,12-13H2,1-2H3,(H,22,24)/t16-/m1/s1. The highest BCUT2D eigenvalue weighted by atomic mass is 79.9. The van der Waals surface area contributed by atoms with Gasteiger partial charge in [0.05, 0.1) is 10.8 Å². The van der Waals surface area contributed by atoms with Gasteiger partial charge in [0.2, 0.25) is 15.9 Å². The van der Waals surface area contributed by atoms with Crippen molar-refractivity contribution in [2.24, 2.45) is 5.92 Å². The summed E-state index contributed by atoms with van der Waals surface area (Å²) < 4.78 is 28.1. The number of sulfonamides is 1. The molecule has 0 unspecified atom stereocenters. The number of carbonyl (C=O) groups is 1. The lowest BCUT2D eigenvalue weighted by Crippen LogP contribution is -2.43. The zero-order valence-corrected chi connectivity index (χ0v) is 17.8. The molecule has 1 saturated heterocycles. The normalized spacial score (nSPS) is 18.3. The van der Waals surface area contributed by atoms with Crippen LogP contribution in [0, 0.1) is 19.8 Å². The van der Waals surface area contributed by atoms with Crippen LogP contribution in [-0.2, 0) is 14.8 Å². The van der Waals surface area contributed by atoms with Crippen molar-refractivity contribution >= 4 is 37.5 Å². The number of amides is 1. The maximum atomic E-state index is 12.9. The van der Waals surface area contributed by atoms with Gasteiger partial charge in [-0.05, 0) is 62.1 Å². The molecule has 0 bridgehead atoms. The Morgan fingerprint density at radius 1 is 1.11 bits per heavy atom. The van der Waals surface area contributed by atoms with Crippen LogP contribution in [0.2, 0.25) is 0 Å². The molecule has 7 heteroatoms. The molecule has 1 atom stereocenters. The van der Waals surface area contributed by atoms with Gasteiger partial charge in [-0.1, -0.05) is 34.1 Å². The number of anilines is 1. The van der Waals surface area contributed by atoms with E-state index >= 15 is 0 Å². The molecule has 2 aromatic carbocycles. The molecule has 1 heterocycles. The van der Waals surface area contributed by atoms with Gasteiger partial charge in [0.1, 0.15) is 0 Å². The second-order valence-electron chi connectivity index (χ2n) is 6.91. The summed E-state index contributed by atoms with van der Waals surface area (Å²) in [4.78, 5) is 13.0. The van der Waals surface area contributed by atoms with E-state index in [0.717, 1.165) is 21.3 Å². The van der Waals surface area contributed by atoms with Gasteiger partial charge in [-0.25, -0.2) is 8.42 Å². The minimum Gasteiger partial charge on any atom is -0.325 e. The molecular weight excluding hydrogens is 428 g/mol. The largest absolute Gasteiger partial charge is 0.325 e. The fourth-order valence-electron chi connectivity index (χ4n) is 3.37. The summed E-state index contributed by atoms with van der Waals surface area (Å²) in [5.41, 5.74) is 2.81. The van der Waals surface area contributed by atoms with Crippen molar-refractivity contribution in [1.82, 2.24) is 4.31 Å². The van der Waals surface area contributed by atoms with Gasteiger partial charge in [0.25, 0.3) is 0 Å². The van der Waals surface area contributed by atoms with Crippen molar-refractivity contribution in [3.05, 3.63) is 58.1 Å². The van der Waals surface area contributed by atoms with Crippen molar-refractivity contribution in [2.75, 3.05) is 18.4 Å². The van der Waals surface area contributed by atoms with Crippen LogP contribution in [0.5, 0.6) is 0 Å². The Balaban J connectivity index is 1.75. The van der Waals surface area contributed by atoms with Crippen molar-refractivity contribution in [2.45, 2.75) is 31.6 Å². The van der Waals surface area contributed by atoms with E-state index in [-0.39, 0.29) is 23.3 Å². The van der Waals surface area contributed by atoms with E-state index in [9.17, 15) is 13.2 Å². The van der Waals surface area contributed by atoms with Crippen molar-refractivity contribution in [1.29, 1.82) is 0 Å². The smallest absolute Gasteiger partial charge is 0.243 e. The van der Waals surface area contributed by atoms with Crippen LogP contribution >= 0.6 is 15.9 Å². The molecule has 27 heavy (non-hydrogen) atoms. The van der Waals surface area contributed by atoms with Gasteiger partial charge in [0, 0.05) is 23.2 Å². The fraction of sp³-hybridized carbons (Fsp3) is 0.350. The summed E-state index contributed by atoms with van der Waals surface area (Å²) in [6, 6.07) is 12.4. The molecule has 0 radical (unpaired) electrons. The summed E-state index contributed by atoms with van der Waals surface area (Å²) in [5.74, 6) is -0.480. The summed E-state index contributed by atoms with van der Waals surface area (Å²) in [5, 5.41) is 3.00. The first-order valence-corrected chi connectivity index (χ1v) is 11.1. The molecule has 0 spiro atoms. The maximum absolute atomic E-state index is 12.9. The van der Waals surface area contributed by atoms with Crippen LogP contribution in [0.1, 0.15) is 24.0 Å². The number of halogens is 1. The first-order valence-electron chi connectivity index (χ1n) is 8.92. The van der Waals surface area contributed by atoms with Crippen LogP contribution < -0.4 is 5.32 Å². The van der Waals surface area contributed by atoms with E-state index in [1.54, 1.807) is 24.3 Å². The second-order valence-corrected chi connectivity index (χ2v) is 9.77. The Hall–Kier alpha value is -1.70. The summed E-state index contributed by atoms with van der Waals surface area (Å²) in [6.07, 6.45) is 1.35. The lowest BCUT2D eigenvalue weighted by atomic mass is 9.98. The van der Waals surface area contributed by atoms with Crippen molar-refractivity contribution in [3.8, 4) is 0 Å². The van der Waals surface area contributed by atoms with Gasteiger partial charge in [-0.15, -0.1) is 0 Å². The van der Waals surface area contributed by atoms with E-state index < -0.39 is 10.0 Å². The number of hydrogen-bond donors (Lipinski definition) is 1. The number of benzene rings is 2. The number of piperidine rings is 1. The van der Waals surface area contributed by atoms with E-state index in [1.807, 2.05) is 32.0 Å². The van der Waals surface area contributed by atoms with Gasteiger partial charge >= 0.3 is 0 Å². The number of nitrogens with zero attached hydrogens (tertiary/aromatic N) is 1.